The highest BCUT2D eigenvalue weighted by Crippen LogP contribution is 2.76. The molecule has 0 aromatic heterocycles. The summed E-state index contributed by atoms with van der Waals surface area (Å²) in [6.07, 6.45) is -12.6. The maximum absolute atomic E-state index is 14.7. The first-order valence-corrected chi connectivity index (χ1v) is 23.9. The average molecular weight is 929 g/mol. The molecule has 0 bridgehead atoms. The van der Waals surface area contributed by atoms with E-state index in [9.17, 15) is 61.0 Å². The molecule has 8 rings (SSSR count). The van der Waals surface area contributed by atoms with E-state index in [-0.39, 0.29) is 52.6 Å². The van der Waals surface area contributed by atoms with Crippen molar-refractivity contribution in [3.8, 4) is 0 Å². The Morgan fingerprint density at radius 3 is 2.00 bits per heavy atom. The van der Waals surface area contributed by atoms with Gasteiger partial charge in [0.15, 0.2) is 12.6 Å². The molecule has 3 heterocycles. The van der Waals surface area contributed by atoms with E-state index in [1.54, 1.807) is 0 Å². The highest BCUT2D eigenvalue weighted by atomic mass is 16.7. The molecule has 0 radical (unpaired) electrons. The van der Waals surface area contributed by atoms with Crippen LogP contribution in [0.2, 0.25) is 0 Å². The van der Waals surface area contributed by atoms with Gasteiger partial charge in [0.25, 0.3) is 0 Å². The Morgan fingerprint density at radius 2 is 1.32 bits per heavy atom. The van der Waals surface area contributed by atoms with Crippen LogP contribution >= 0.6 is 0 Å². The van der Waals surface area contributed by atoms with Crippen LogP contribution in [-0.2, 0) is 33.2 Å². The van der Waals surface area contributed by atoms with Crippen molar-refractivity contribution in [2.45, 2.75) is 198 Å². The van der Waals surface area contributed by atoms with Gasteiger partial charge in [0, 0.05) is 5.41 Å². The molecular formula is C47H76O18. The van der Waals surface area contributed by atoms with E-state index in [1.165, 1.54) is 5.57 Å². The molecule has 7 fully saturated rings. The van der Waals surface area contributed by atoms with Crippen LogP contribution in [0.4, 0.5) is 0 Å². The zero-order valence-corrected chi connectivity index (χ0v) is 38.6. The maximum Gasteiger partial charge on any atom is 0.315 e. The second kappa shape index (κ2) is 17.8. The predicted octanol–water partition coefficient (Wildman–Crippen LogP) is -0.248. The smallest absolute Gasteiger partial charge is 0.315 e. The molecule has 11 N–H and O–H groups in total. The molecule has 0 aromatic rings. The molecule has 23 atom stereocenters. The second-order valence-corrected chi connectivity index (χ2v) is 22.9. The summed E-state index contributed by atoms with van der Waals surface area (Å²) in [5.41, 5.74) is -1.36. The number of aliphatic hydroxyl groups excluding tert-OH is 11. The summed E-state index contributed by atoms with van der Waals surface area (Å²) in [7, 11) is 0. The first kappa shape index (κ1) is 50.0. The number of rotatable bonds is 9. The van der Waals surface area contributed by atoms with Crippen molar-refractivity contribution in [2.24, 2.45) is 50.2 Å². The van der Waals surface area contributed by atoms with E-state index in [2.05, 4.69) is 40.7 Å². The predicted molar refractivity (Wildman–Crippen MR) is 226 cm³/mol. The topological polar surface area (TPSA) is 295 Å². The van der Waals surface area contributed by atoms with E-state index < -0.39 is 122 Å². The lowest BCUT2D eigenvalue weighted by atomic mass is 9.33. The van der Waals surface area contributed by atoms with E-state index in [0.29, 0.717) is 25.7 Å². The second-order valence-electron chi connectivity index (χ2n) is 22.9. The Hall–Kier alpha value is -1.43. The van der Waals surface area contributed by atoms with Gasteiger partial charge in [-0.1, -0.05) is 53.2 Å². The minimum atomic E-state index is -1.70. The first-order chi connectivity index (χ1) is 30.5. The lowest BCUT2D eigenvalue weighted by Gasteiger charge is -2.71. The summed E-state index contributed by atoms with van der Waals surface area (Å²) in [4.78, 5) is 14.7. The number of esters is 1. The lowest BCUT2D eigenvalue weighted by molar-refractivity contribution is -0.363. The quantitative estimate of drug-likeness (QED) is 0.0808. The molecule has 372 valence electrons. The monoisotopic (exact) mass is 929 g/mol. The van der Waals surface area contributed by atoms with Crippen molar-refractivity contribution in [2.75, 3.05) is 26.4 Å². The van der Waals surface area contributed by atoms with E-state index in [4.69, 9.17) is 28.4 Å². The number of carbonyl (C=O) groups is 1. The zero-order chi connectivity index (χ0) is 47.4. The van der Waals surface area contributed by atoms with Crippen LogP contribution in [0, 0.1) is 50.2 Å². The summed E-state index contributed by atoms with van der Waals surface area (Å²) in [6.45, 7) is 11.7. The Labute approximate surface area is 380 Å². The lowest BCUT2D eigenvalue weighted by Crippen LogP contribution is -2.67. The highest BCUT2D eigenvalue weighted by molar-refractivity contribution is 5.79. The molecule has 0 aromatic carbocycles. The van der Waals surface area contributed by atoms with E-state index in [1.807, 2.05) is 6.92 Å². The molecule has 18 heteroatoms. The molecule has 0 unspecified atom stereocenters. The van der Waals surface area contributed by atoms with Gasteiger partial charge in [-0.25, -0.2) is 0 Å². The SMILES string of the molecule is CC1(C)CC[C@]2(C(=O)O[C@@H]3O[C@H](CO)[C@@H](O)[C@H](O)[C@H]3O)CC[C@]3(C)C(=CC[C@@H]4[C@@]5(C)CC[C@H](O[C@@H]6O[C@H](CO)[C@@H](O)[C@H](O[C@@H]7OC[C@@H](O)[C@H](O)[C@H]7O)[C@H]6O)[C@@](C)(CO)[C@@H]5CC[C@]43C)[C@@H]2C1. The number of ether oxygens (including phenoxy) is 6. The van der Waals surface area contributed by atoms with E-state index >= 15 is 0 Å². The van der Waals surface area contributed by atoms with Gasteiger partial charge < -0.3 is 84.6 Å². The molecule has 0 spiro atoms. The summed E-state index contributed by atoms with van der Waals surface area (Å²) in [5, 5.41) is 117. The minimum absolute atomic E-state index is 0.0362. The van der Waals surface area contributed by atoms with Crippen molar-refractivity contribution in [1.82, 2.24) is 0 Å². The van der Waals surface area contributed by atoms with Crippen LogP contribution in [0.3, 0.4) is 0 Å². The van der Waals surface area contributed by atoms with Crippen molar-refractivity contribution in [3.05, 3.63) is 11.6 Å². The van der Waals surface area contributed by atoms with Gasteiger partial charge in [0.05, 0.1) is 37.9 Å². The van der Waals surface area contributed by atoms with Gasteiger partial charge in [0.1, 0.15) is 67.1 Å². The summed E-state index contributed by atoms with van der Waals surface area (Å²) in [6, 6.07) is 0. The average Bonchev–Trinajstić information content (AvgIpc) is 3.26. The molecular weight excluding hydrogens is 852 g/mol. The number of carbonyl (C=O) groups excluding carboxylic acids is 1. The van der Waals surface area contributed by atoms with Crippen LogP contribution in [0.1, 0.15) is 106 Å². The first-order valence-electron chi connectivity index (χ1n) is 23.9. The third-order valence-electron chi connectivity index (χ3n) is 19.1. The van der Waals surface area contributed by atoms with Crippen molar-refractivity contribution in [1.29, 1.82) is 0 Å². The molecule has 5 aliphatic carbocycles. The molecule has 4 saturated carbocycles. The summed E-state index contributed by atoms with van der Waals surface area (Å²) >= 11 is 0. The van der Waals surface area contributed by atoms with Gasteiger partial charge in [0.2, 0.25) is 6.29 Å². The number of hydrogen-bond acceptors (Lipinski definition) is 18. The maximum atomic E-state index is 14.7. The molecule has 3 aliphatic heterocycles. The number of hydrogen-bond donors (Lipinski definition) is 11. The van der Waals surface area contributed by atoms with Crippen molar-refractivity contribution >= 4 is 5.97 Å². The van der Waals surface area contributed by atoms with Crippen LogP contribution < -0.4 is 0 Å². The van der Waals surface area contributed by atoms with Crippen LogP contribution in [0.5, 0.6) is 0 Å². The molecule has 0 amide bonds. The molecule has 3 saturated heterocycles. The largest absolute Gasteiger partial charge is 0.432 e. The van der Waals surface area contributed by atoms with E-state index in [0.717, 1.165) is 38.5 Å². The zero-order valence-electron chi connectivity index (χ0n) is 38.6. The molecule has 8 aliphatic rings. The minimum Gasteiger partial charge on any atom is -0.432 e. The van der Waals surface area contributed by atoms with Crippen LogP contribution in [0.15, 0.2) is 11.6 Å². The highest BCUT2D eigenvalue weighted by Gasteiger charge is 2.70. The number of fused-ring (bicyclic) bond motifs is 7. The van der Waals surface area contributed by atoms with Gasteiger partial charge >= 0.3 is 5.97 Å². The fourth-order valence-electron chi connectivity index (χ4n) is 14.8. The van der Waals surface area contributed by atoms with Crippen LogP contribution in [-0.4, -0.2) is 181 Å². The number of aliphatic hydroxyl groups is 11. The molecule has 65 heavy (non-hydrogen) atoms. The Balaban J connectivity index is 1.04. The third-order valence-corrected chi connectivity index (χ3v) is 19.1. The van der Waals surface area contributed by atoms with Crippen molar-refractivity contribution < 1.29 is 89.4 Å². The Morgan fingerprint density at radius 1 is 0.677 bits per heavy atom. The standard InChI is InChI=1S/C47H76O18/c1-42(2)13-15-47(41(59)65-39-35(57)33(55)31(53)25(18-48)61-39)16-14-45(5)22(23(47)17-42)7-8-28-43(3)11-10-29(44(4,21-50)27(43)9-12-46(28,45)6)63-40-36(58)37(32(54)26(19-49)62-40)64-38-34(56)30(52)24(51)20-60-38/h7,23-40,48-58H,8-21H2,1-6H3/t23-,24+,25+,26+,27+,28+,29-,30-,31+,32+,33-,34+,35+,36+,37-,38-,39-,40-,43-,44-,45+,46+,47-/m0/s1. The summed E-state index contributed by atoms with van der Waals surface area (Å²) in [5.74, 6) is -0.531. The molecule has 18 nitrogen and oxygen atoms in total. The Kier molecular flexibility index (Phi) is 13.7. The van der Waals surface area contributed by atoms with Gasteiger partial charge in [-0.15, -0.1) is 0 Å². The Bertz CT molecular complexity index is 1760. The van der Waals surface area contributed by atoms with Crippen LogP contribution in [0.25, 0.3) is 0 Å². The number of allylic oxidation sites excluding steroid dienone is 2. The van der Waals surface area contributed by atoms with Gasteiger partial charge in [-0.3, -0.25) is 4.79 Å². The third kappa shape index (κ3) is 7.80. The fourth-order valence-corrected chi connectivity index (χ4v) is 14.8. The van der Waals surface area contributed by atoms with Gasteiger partial charge in [-0.2, -0.15) is 0 Å². The summed E-state index contributed by atoms with van der Waals surface area (Å²) < 4.78 is 35.4. The fraction of sp³-hybridized carbons (Fsp3) is 0.936. The van der Waals surface area contributed by atoms with Gasteiger partial charge in [-0.05, 0) is 104 Å². The van der Waals surface area contributed by atoms with Crippen molar-refractivity contribution in [3.63, 3.8) is 0 Å². The normalized spacial score (nSPS) is 54.3.